The summed E-state index contributed by atoms with van der Waals surface area (Å²) in [7, 11) is 2.31. The standard InChI is InChI=1S/2C18H13BrF3NO6.H2O/c2*1-28-16(24)6-7-29-17(25)13-8-10(2-5-15(13)23(26)27)12-4-3-11(9-14(12)19)18(20,21)22;/h2*2-5,8-9H,6-7H2,1H3;1H2. The number of nitro groups is 2. The van der Waals surface area contributed by atoms with E-state index in [0.29, 0.717) is 0 Å². The number of hydrogen-bond acceptors (Lipinski definition) is 12. The fourth-order valence-corrected chi connectivity index (χ4v) is 5.93. The number of esters is 4. The maximum atomic E-state index is 12.8. The van der Waals surface area contributed by atoms with Gasteiger partial charge in [-0.2, -0.15) is 26.3 Å². The minimum atomic E-state index is -4.54. The zero-order valence-electron chi connectivity index (χ0n) is 30.1. The van der Waals surface area contributed by atoms with Crippen LogP contribution >= 0.6 is 31.9 Å². The van der Waals surface area contributed by atoms with Crippen molar-refractivity contribution in [1.82, 2.24) is 0 Å². The van der Waals surface area contributed by atoms with Crippen LogP contribution in [0.2, 0.25) is 0 Å². The summed E-state index contributed by atoms with van der Waals surface area (Å²) in [5.41, 5.74) is -2.54. The van der Waals surface area contributed by atoms with Crippen molar-refractivity contribution in [3.05, 3.63) is 124 Å². The summed E-state index contributed by atoms with van der Waals surface area (Å²) in [4.78, 5) is 67.5. The van der Waals surface area contributed by atoms with E-state index in [2.05, 4.69) is 41.3 Å². The van der Waals surface area contributed by atoms with Crippen LogP contribution in [0, 0.1) is 20.2 Å². The lowest BCUT2D eigenvalue weighted by Gasteiger charge is -2.11. The molecule has 0 spiro atoms. The Hall–Kier alpha value is -5.94. The Labute approximate surface area is 345 Å². The highest BCUT2D eigenvalue weighted by molar-refractivity contribution is 9.11. The number of benzene rings is 4. The largest absolute Gasteiger partial charge is 0.469 e. The van der Waals surface area contributed by atoms with Gasteiger partial charge in [-0.05, 0) is 70.8 Å². The van der Waals surface area contributed by atoms with Crippen molar-refractivity contribution in [3.63, 3.8) is 0 Å². The summed E-state index contributed by atoms with van der Waals surface area (Å²) >= 11 is 6.10. The Morgan fingerprint density at radius 1 is 0.593 bits per heavy atom. The minimum Gasteiger partial charge on any atom is -0.469 e. The Bertz CT molecular complexity index is 2080. The van der Waals surface area contributed by atoms with E-state index in [1.807, 2.05) is 0 Å². The number of nitro benzene ring substituents is 2. The summed E-state index contributed by atoms with van der Waals surface area (Å²) in [5, 5.41) is 22.4. The molecule has 0 amide bonds. The number of hydrogen-bond donors (Lipinski definition) is 0. The predicted molar refractivity (Wildman–Crippen MR) is 200 cm³/mol. The first-order valence-electron chi connectivity index (χ1n) is 15.9. The molecule has 0 radical (unpaired) electrons. The molecule has 0 atom stereocenters. The quantitative estimate of drug-likeness (QED) is 0.0427. The lowest BCUT2D eigenvalue weighted by Crippen LogP contribution is -2.12. The van der Waals surface area contributed by atoms with E-state index in [0.717, 1.165) is 62.8 Å². The fraction of sp³-hybridized carbons (Fsp3) is 0.222. The highest BCUT2D eigenvalue weighted by atomic mass is 79.9. The van der Waals surface area contributed by atoms with E-state index >= 15 is 0 Å². The van der Waals surface area contributed by atoms with Gasteiger partial charge in [0.2, 0.25) is 0 Å². The highest BCUT2D eigenvalue weighted by Crippen LogP contribution is 2.39. The average Bonchev–Trinajstić information content (AvgIpc) is 3.16. The maximum Gasteiger partial charge on any atom is 0.416 e. The van der Waals surface area contributed by atoms with Gasteiger partial charge in [0.05, 0.1) is 48.0 Å². The third kappa shape index (κ3) is 13.6. The van der Waals surface area contributed by atoms with Crippen LogP contribution < -0.4 is 0 Å². The molecule has 2 N–H and O–H groups in total. The molecule has 4 aromatic carbocycles. The minimum absolute atomic E-state index is 0. The third-order valence-corrected chi connectivity index (χ3v) is 8.89. The van der Waals surface area contributed by atoms with E-state index < -0.39 is 79.7 Å². The second kappa shape index (κ2) is 21.2. The molecule has 0 bridgehead atoms. The summed E-state index contributed by atoms with van der Waals surface area (Å²) in [6, 6.07) is 12.8. The molecular formula is C36H28Br2F6N2O13. The monoisotopic (exact) mass is 968 g/mol. The van der Waals surface area contributed by atoms with Crippen LogP contribution in [-0.4, -0.2) is 66.6 Å². The number of rotatable bonds is 12. The van der Waals surface area contributed by atoms with E-state index in [4.69, 9.17) is 9.47 Å². The van der Waals surface area contributed by atoms with Crippen molar-refractivity contribution in [2.24, 2.45) is 0 Å². The molecule has 0 unspecified atom stereocenters. The van der Waals surface area contributed by atoms with Gasteiger partial charge in [-0.15, -0.1) is 0 Å². The Morgan fingerprint density at radius 2 is 0.932 bits per heavy atom. The van der Waals surface area contributed by atoms with Gasteiger partial charge in [-0.3, -0.25) is 29.8 Å². The first-order valence-corrected chi connectivity index (χ1v) is 17.5. The summed E-state index contributed by atoms with van der Waals surface area (Å²) in [6.07, 6.45) is -9.55. The van der Waals surface area contributed by atoms with E-state index in [-0.39, 0.29) is 62.7 Å². The highest BCUT2D eigenvalue weighted by Gasteiger charge is 2.32. The van der Waals surface area contributed by atoms with Crippen molar-refractivity contribution < 1.29 is 79.8 Å². The predicted octanol–water partition coefficient (Wildman–Crippen LogP) is 8.70. The molecule has 59 heavy (non-hydrogen) atoms. The van der Waals surface area contributed by atoms with Gasteiger partial charge in [0.15, 0.2) is 0 Å². The number of carbonyl (C=O) groups excluding carboxylic acids is 4. The van der Waals surface area contributed by atoms with Crippen LogP contribution in [0.1, 0.15) is 44.7 Å². The number of ether oxygens (including phenoxy) is 4. The van der Waals surface area contributed by atoms with Crippen LogP contribution in [0.25, 0.3) is 22.3 Å². The SMILES string of the molecule is COC(=O)CCOC(=O)c1cc(-c2ccc(C(F)(F)F)cc2Br)ccc1[N+](=O)[O-].COC(=O)CCOC(=O)c1cc(-c2ccc(C(F)(F)F)cc2Br)ccc1[N+](=O)[O-].O. The molecule has 23 heteroatoms. The smallest absolute Gasteiger partial charge is 0.416 e. The molecule has 0 aliphatic rings. The van der Waals surface area contributed by atoms with Gasteiger partial charge in [0.1, 0.15) is 24.3 Å². The van der Waals surface area contributed by atoms with Gasteiger partial charge in [0, 0.05) is 21.1 Å². The maximum absolute atomic E-state index is 12.8. The van der Waals surface area contributed by atoms with Crippen LogP contribution in [0.5, 0.6) is 0 Å². The number of alkyl halides is 6. The lowest BCUT2D eigenvalue weighted by molar-refractivity contribution is -0.385. The van der Waals surface area contributed by atoms with E-state index in [1.165, 1.54) is 24.3 Å². The molecule has 4 rings (SSSR count). The van der Waals surface area contributed by atoms with Gasteiger partial charge >= 0.3 is 36.2 Å². The molecule has 0 saturated heterocycles. The van der Waals surface area contributed by atoms with Crippen LogP contribution in [0.4, 0.5) is 37.7 Å². The first-order chi connectivity index (χ1) is 27.1. The molecule has 0 aliphatic carbocycles. The number of methoxy groups -OCH3 is 2. The summed E-state index contributed by atoms with van der Waals surface area (Å²) in [6.45, 7) is -0.701. The third-order valence-electron chi connectivity index (χ3n) is 7.58. The zero-order chi connectivity index (χ0) is 43.5. The number of carbonyl (C=O) groups is 4. The van der Waals surface area contributed by atoms with E-state index in [9.17, 15) is 65.7 Å². The van der Waals surface area contributed by atoms with Gasteiger partial charge < -0.3 is 24.4 Å². The van der Waals surface area contributed by atoms with Gasteiger partial charge in [-0.1, -0.05) is 44.0 Å². The Balaban J connectivity index is 0.000000400. The van der Waals surface area contributed by atoms with Crippen LogP contribution in [0.3, 0.4) is 0 Å². The van der Waals surface area contributed by atoms with Crippen molar-refractivity contribution in [1.29, 1.82) is 0 Å². The fourth-order valence-electron chi connectivity index (χ4n) is 4.72. The lowest BCUT2D eigenvalue weighted by atomic mass is 10.0. The molecule has 4 aromatic rings. The van der Waals surface area contributed by atoms with Crippen molar-refractivity contribution >= 4 is 67.1 Å². The molecule has 316 valence electrons. The van der Waals surface area contributed by atoms with Crippen LogP contribution in [0.15, 0.2) is 81.7 Å². The zero-order valence-corrected chi connectivity index (χ0v) is 33.2. The topological polar surface area (TPSA) is 223 Å². The molecule has 0 saturated carbocycles. The number of nitrogens with zero attached hydrogens (tertiary/aromatic N) is 2. The second-order valence-electron chi connectivity index (χ2n) is 11.3. The molecule has 15 nitrogen and oxygen atoms in total. The Morgan fingerprint density at radius 3 is 1.20 bits per heavy atom. The first kappa shape index (κ1) is 49.2. The Kier molecular flexibility index (Phi) is 17.7. The van der Waals surface area contributed by atoms with Crippen molar-refractivity contribution in [2.45, 2.75) is 25.2 Å². The van der Waals surface area contributed by atoms with Gasteiger partial charge in [0.25, 0.3) is 11.4 Å². The van der Waals surface area contributed by atoms with Gasteiger partial charge in [-0.25, -0.2) is 9.59 Å². The van der Waals surface area contributed by atoms with Crippen molar-refractivity contribution in [3.8, 4) is 22.3 Å². The van der Waals surface area contributed by atoms with Crippen molar-refractivity contribution in [2.75, 3.05) is 27.4 Å². The molecular weight excluding hydrogens is 942 g/mol. The molecule has 0 heterocycles. The van der Waals surface area contributed by atoms with Crippen LogP contribution in [-0.2, 0) is 40.9 Å². The summed E-state index contributed by atoms with van der Waals surface area (Å²) < 4.78 is 95.7. The molecule has 0 aromatic heterocycles. The molecule has 0 fully saturated rings. The van der Waals surface area contributed by atoms with E-state index in [1.54, 1.807) is 0 Å². The second-order valence-corrected chi connectivity index (χ2v) is 13.0. The normalized spacial score (nSPS) is 10.9. The number of halogens is 8. The summed E-state index contributed by atoms with van der Waals surface area (Å²) in [5.74, 6) is -3.36. The molecule has 0 aliphatic heterocycles. The average molecular weight is 970 g/mol.